The second kappa shape index (κ2) is 4.57. The van der Waals surface area contributed by atoms with E-state index in [2.05, 4.69) is 4.74 Å². The number of nitrogens with two attached hydrogens (primary N) is 1. The minimum absolute atomic E-state index is 0. The quantitative estimate of drug-likeness (QED) is 0.604. The number of carbonyl (C=O) groups excluding carboxylic acids is 1. The molecule has 0 amide bonds. The molecule has 66 valence electrons. The Bertz CT molecular complexity index is 140. The maximum Gasteiger partial charge on any atom is 0.308 e. The minimum Gasteiger partial charge on any atom is -0.469 e. The van der Waals surface area contributed by atoms with E-state index in [9.17, 15) is 4.79 Å². The van der Waals surface area contributed by atoms with E-state index in [0.29, 0.717) is 0 Å². The number of ether oxygens (including phenoxy) is 1. The van der Waals surface area contributed by atoms with E-state index < -0.39 is 0 Å². The standard InChI is InChI=1S/C7H13NO2.ClH/c1-10-7(9)5-2-3-6(8)4-5;/h5-6H,2-4,8H2,1H3;1H/t5-,6-;/m0./s1. The summed E-state index contributed by atoms with van der Waals surface area (Å²) in [5.74, 6) is -0.0343. The summed E-state index contributed by atoms with van der Waals surface area (Å²) in [6.45, 7) is 0. The van der Waals surface area contributed by atoms with Crippen LogP contribution in [0.3, 0.4) is 0 Å². The van der Waals surface area contributed by atoms with Crippen molar-refractivity contribution >= 4 is 18.4 Å². The first-order valence-electron chi connectivity index (χ1n) is 3.57. The fraction of sp³-hybridized carbons (Fsp3) is 0.857. The Morgan fingerprint density at radius 3 is 2.55 bits per heavy atom. The molecule has 1 aliphatic rings. The highest BCUT2D eigenvalue weighted by molar-refractivity contribution is 5.85. The van der Waals surface area contributed by atoms with Gasteiger partial charge in [0.25, 0.3) is 0 Å². The largest absolute Gasteiger partial charge is 0.469 e. The number of hydrogen-bond donors (Lipinski definition) is 1. The zero-order valence-corrected chi connectivity index (χ0v) is 7.39. The summed E-state index contributed by atoms with van der Waals surface area (Å²) in [6.07, 6.45) is 2.65. The van der Waals surface area contributed by atoms with Crippen LogP contribution in [0.4, 0.5) is 0 Å². The monoisotopic (exact) mass is 179 g/mol. The van der Waals surface area contributed by atoms with Gasteiger partial charge in [0, 0.05) is 6.04 Å². The van der Waals surface area contributed by atoms with E-state index >= 15 is 0 Å². The molecule has 0 saturated heterocycles. The molecule has 0 aromatic carbocycles. The molecule has 0 aliphatic heterocycles. The number of halogens is 1. The van der Waals surface area contributed by atoms with E-state index in [1.165, 1.54) is 7.11 Å². The van der Waals surface area contributed by atoms with Crippen LogP contribution < -0.4 is 5.73 Å². The van der Waals surface area contributed by atoms with Crippen molar-refractivity contribution in [3.05, 3.63) is 0 Å². The van der Waals surface area contributed by atoms with Gasteiger partial charge < -0.3 is 10.5 Å². The van der Waals surface area contributed by atoms with Gasteiger partial charge in [0.2, 0.25) is 0 Å². The van der Waals surface area contributed by atoms with E-state index in [4.69, 9.17) is 5.73 Å². The third kappa shape index (κ3) is 2.67. The second-order valence-corrected chi connectivity index (χ2v) is 2.79. The van der Waals surface area contributed by atoms with Crippen LogP contribution in [0.25, 0.3) is 0 Å². The summed E-state index contributed by atoms with van der Waals surface area (Å²) in [4.78, 5) is 10.9. The van der Waals surface area contributed by atoms with Crippen LogP contribution in [0, 0.1) is 5.92 Å². The van der Waals surface area contributed by atoms with E-state index in [-0.39, 0.29) is 30.3 Å². The van der Waals surface area contributed by atoms with Crippen molar-refractivity contribution in [2.24, 2.45) is 11.7 Å². The normalized spacial score (nSPS) is 29.3. The first-order chi connectivity index (χ1) is 4.74. The van der Waals surface area contributed by atoms with Crippen LogP contribution in [0.2, 0.25) is 0 Å². The fourth-order valence-electron chi connectivity index (χ4n) is 1.40. The summed E-state index contributed by atoms with van der Waals surface area (Å²) < 4.78 is 4.59. The van der Waals surface area contributed by atoms with Gasteiger partial charge in [-0.25, -0.2) is 0 Å². The number of hydrogen-bond acceptors (Lipinski definition) is 3. The maximum absolute atomic E-state index is 10.9. The zero-order valence-electron chi connectivity index (χ0n) is 6.58. The SMILES string of the molecule is COC(=O)[C@H]1CC[C@H](N)C1.Cl. The third-order valence-corrected chi connectivity index (χ3v) is 2.01. The molecule has 2 N–H and O–H groups in total. The topological polar surface area (TPSA) is 52.3 Å². The first-order valence-corrected chi connectivity index (χ1v) is 3.57. The smallest absolute Gasteiger partial charge is 0.308 e. The van der Waals surface area contributed by atoms with Gasteiger partial charge in [-0.15, -0.1) is 12.4 Å². The number of rotatable bonds is 1. The predicted octanol–water partition coefficient (Wildman–Crippen LogP) is 0.709. The number of methoxy groups -OCH3 is 1. The molecule has 1 rings (SSSR count). The van der Waals surface area contributed by atoms with Gasteiger partial charge in [-0.05, 0) is 19.3 Å². The van der Waals surface area contributed by atoms with Gasteiger partial charge in [0.1, 0.15) is 0 Å². The fourth-order valence-corrected chi connectivity index (χ4v) is 1.40. The Labute approximate surface area is 72.7 Å². The molecule has 1 fully saturated rings. The molecule has 2 atom stereocenters. The summed E-state index contributed by atoms with van der Waals surface area (Å²) in [5, 5.41) is 0. The van der Waals surface area contributed by atoms with Crippen LogP contribution in [0.5, 0.6) is 0 Å². The Hall–Kier alpha value is -0.280. The molecule has 11 heavy (non-hydrogen) atoms. The molecule has 3 nitrogen and oxygen atoms in total. The molecule has 4 heteroatoms. The van der Waals surface area contributed by atoms with Gasteiger partial charge in [-0.1, -0.05) is 0 Å². The van der Waals surface area contributed by atoms with E-state index in [0.717, 1.165) is 19.3 Å². The summed E-state index contributed by atoms with van der Waals surface area (Å²) in [6, 6.07) is 0.212. The molecule has 0 heterocycles. The highest BCUT2D eigenvalue weighted by atomic mass is 35.5. The molecule has 1 saturated carbocycles. The van der Waals surface area contributed by atoms with Crippen molar-refractivity contribution < 1.29 is 9.53 Å². The lowest BCUT2D eigenvalue weighted by atomic mass is 10.1. The van der Waals surface area contributed by atoms with Gasteiger partial charge in [-0.2, -0.15) is 0 Å². The van der Waals surface area contributed by atoms with Crippen molar-refractivity contribution in [2.45, 2.75) is 25.3 Å². The van der Waals surface area contributed by atoms with Crippen molar-refractivity contribution in [2.75, 3.05) is 7.11 Å². The Morgan fingerprint density at radius 1 is 1.55 bits per heavy atom. The molecule has 0 bridgehead atoms. The Morgan fingerprint density at radius 2 is 2.18 bits per heavy atom. The van der Waals surface area contributed by atoms with Crippen molar-refractivity contribution in [3.8, 4) is 0 Å². The van der Waals surface area contributed by atoms with Gasteiger partial charge >= 0.3 is 5.97 Å². The Balaban J connectivity index is 0.000001000. The second-order valence-electron chi connectivity index (χ2n) is 2.79. The summed E-state index contributed by atoms with van der Waals surface area (Å²) >= 11 is 0. The average Bonchev–Trinajstić information content (AvgIpc) is 2.34. The Kier molecular flexibility index (Phi) is 4.45. The lowest BCUT2D eigenvalue weighted by Crippen LogP contribution is -2.18. The molecule has 0 radical (unpaired) electrons. The highest BCUT2D eigenvalue weighted by Gasteiger charge is 2.27. The maximum atomic E-state index is 10.9. The van der Waals surface area contributed by atoms with Crippen LogP contribution in [-0.2, 0) is 9.53 Å². The van der Waals surface area contributed by atoms with Crippen LogP contribution in [0.15, 0.2) is 0 Å². The van der Waals surface area contributed by atoms with Crippen molar-refractivity contribution in [1.82, 2.24) is 0 Å². The molecule has 0 unspecified atom stereocenters. The lowest BCUT2D eigenvalue weighted by molar-refractivity contribution is -0.145. The molecular formula is C7H14ClNO2. The van der Waals surface area contributed by atoms with Crippen molar-refractivity contribution in [3.63, 3.8) is 0 Å². The number of esters is 1. The molecular weight excluding hydrogens is 166 g/mol. The van der Waals surface area contributed by atoms with Gasteiger partial charge in [-0.3, -0.25) is 4.79 Å². The molecule has 0 spiro atoms. The number of carbonyl (C=O) groups is 1. The molecule has 1 aliphatic carbocycles. The van der Waals surface area contributed by atoms with Crippen LogP contribution in [0.1, 0.15) is 19.3 Å². The zero-order chi connectivity index (χ0) is 7.56. The van der Waals surface area contributed by atoms with E-state index in [1.807, 2.05) is 0 Å². The average molecular weight is 180 g/mol. The van der Waals surface area contributed by atoms with Crippen molar-refractivity contribution in [1.29, 1.82) is 0 Å². The van der Waals surface area contributed by atoms with Gasteiger partial charge in [0.15, 0.2) is 0 Å². The summed E-state index contributed by atoms with van der Waals surface area (Å²) in [7, 11) is 1.42. The van der Waals surface area contributed by atoms with Crippen LogP contribution >= 0.6 is 12.4 Å². The van der Waals surface area contributed by atoms with Crippen LogP contribution in [-0.4, -0.2) is 19.1 Å². The first kappa shape index (κ1) is 10.7. The predicted molar refractivity (Wildman–Crippen MR) is 44.6 cm³/mol. The van der Waals surface area contributed by atoms with Gasteiger partial charge in [0.05, 0.1) is 13.0 Å². The summed E-state index contributed by atoms with van der Waals surface area (Å²) in [5.41, 5.74) is 5.61. The highest BCUT2D eigenvalue weighted by Crippen LogP contribution is 2.24. The molecule has 0 aromatic heterocycles. The lowest BCUT2D eigenvalue weighted by Gasteiger charge is -2.04. The van der Waals surface area contributed by atoms with E-state index in [1.54, 1.807) is 0 Å². The molecule has 0 aromatic rings. The minimum atomic E-state index is -0.104. The third-order valence-electron chi connectivity index (χ3n) is 2.01.